The third-order valence-electron chi connectivity index (χ3n) is 4.57. The highest BCUT2D eigenvalue weighted by atomic mass is 32.2. The first kappa shape index (κ1) is 19.1. The smallest absolute Gasteiger partial charge is 0.316 e. The Balaban J connectivity index is 1.57. The van der Waals surface area contributed by atoms with E-state index in [0.29, 0.717) is 6.42 Å². The Morgan fingerprint density at radius 2 is 1.81 bits per heavy atom. The van der Waals surface area contributed by atoms with Crippen molar-refractivity contribution in [1.29, 1.82) is 0 Å². The van der Waals surface area contributed by atoms with Crippen molar-refractivity contribution in [2.45, 2.75) is 30.7 Å². The summed E-state index contributed by atoms with van der Waals surface area (Å²) >= 11 is 0. The lowest BCUT2D eigenvalue weighted by atomic mass is 10.1. The number of amides is 2. The Morgan fingerprint density at radius 1 is 1.15 bits per heavy atom. The summed E-state index contributed by atoms with van der Waals surface area (Å²) in [7, 11) is -3.72. The summed E-state index contributed by atoms with van der Waals surface area (Å²) in [6.07, 6.45) is 1.20. The summed E-state index contributed by atoms with van der Waals surface area (Å²) in [5, 5.41) is 7.69. The van der Waals surface area contributed by atoms with Crippen LogP contribution in [0.4, 0.5) is 5.69 Å². The largest absolute Gasteiger partial charge is 0.347 e. The number of primary sulfonamides is 1. The summed E-state index contributed by atoms with van der Waals surface area (Å²) in [4.78, 5) is 26.4. The molecule has 7 nitrogen and oxygen atoms in total. The first-order valence-corrected chi connectivity index (χ1v) is 10.1. The fourth-order valence-corrected chi connectivity index (χ4v) is 3.74. The lowest BCUT2D eigenvalue weighted by molar-refractivity contribution is -0.137. The van der Waals surface area contributed by atoms with Crippen LogP contribution in [0, 0.1) is 0 Å². The van der Waals surface area contributed by atoms with Crippen LogP contribution in [0.2, 0.25) is 0 Å². The standard InChI is InChI=1S/C19H21N3O4S/c1-13-12-15-4-2-3-5-17(15)22(13)19(24)18(23)21-11-10-14-6-8-16(9-7-14)27(20,25)26/h2-9,13H,10-12H2,1H3,(H,21,23)(H2,20,25,26). The molecule has 1 heterocycles. The van der Waals surface area contributed by atoms with Crippen LogP contribution in [-0.2, 0) is 32.5 Å². The lowest BCUT2D eigenvalue weighted by Crippen LogP contribution is -2.46. The van der Waals surface area contributed by atoms with Gasteiger partial charge >= 0.3 is 11.8 Å². The fraction of sp³-hybridized carbons (Fsp3) is 0.263. The van der Waals surface area contributed by atoms with Crippen molar-refractivity contribution >= 4 is 27.5 Å². The number of nitrogens with two attached hydrogens (primary N) is 1. The molecule has 1 aliphatic rings. The van der Waals surface area contributed by atoms with Crippen molar-refractivity contribution in [3.05, 3.63) is 59.7 Å². The van der Waals surface area contributed by atoms with Crippen molar-refractivity contribution in [2.75, 3.05) is 11.4 Å². The number of benzene rings is 2. The first-order valence-electron chi connectivity index (χ1n) is 8.58. The van der Waals surface area contributed by atoms with E-state index in [9.17, 15) is 18.0 Å². The Kier molecular flexibility index (Phi) is 5.29. The molecular formula is C19H21N3O4S. The van der Waals surface area contributed by atoms with Gasteiger partial charge in [0.05, 0.1) is 4.90 Å². The zero-order chi connectivity index (χ0) is 19.6. The monoisotopic (exact) mass is 387 g/mol. The van der Waals surface area contributed by atoms with E-state index < -0.39 is 21.8 Å². The average Bonchev–Trinajstić information content (AvgIpc) is 2.96. The van der Waals surface area contributed by atoms with Gasteiger partial charge in [-0.05, 0) is 49.1 Å². The normalized spacial score (nSPS) is 16.1. The quantitative estimate of drug-likeness (QED) is 0.762. The van der Waals surface area contributed by atoms with Crippen molar-refractivity contribution in [2.24, 2.45) is 5.14 Å². The summed E-state index contributed by atoms with van der Waals surface area (Å²) in [5.41, 5.74) is 2.67. The summed E-state index contributed by atoms with van der Waals surface area (Å²) in [6, 6.07) is 13.6. The number of hydrogen-bond acceptors (Lipinski definition) is 4. The molecule has 2 aromatic carbocycles. The van der Waals surface area contributed by atoms with Crippen LogP contribution in [0.15, 0.2) is 53.4 Å². The molecule has 0 saturated heterocycles. The van der Waals surface area contributed by atoms with Crippen molar-refractivity contribution in [3.63, 3.8) is 0 Å². The van der Waals surface area contributed by atoms with Gasteiger partial charge in [0.15, 0.2) is 0 Å². The predicted molar refractivity (Wildman–Crippen MR) is 102 cm³/mol. The Hall–Kier alpha value is -2.71. The summed E-state index contributed by atoms with van der Waals surface area (Å²) in [5.74, 6) is -1.23. The molecule has 142 valence electrons. The second kappa shape index (κ2) is 7.50. The molecule has 0 aliphatic carbocycles. The second-order valence-corrected chi connectivity index (χ2v) is 8.11. The number of fused-ring (bicyclic) bond motifs is 1. The molecule has 2 aromatic rings. The number of rotatable bonds is 4. The number of anilines is 1. The van der Waals surface area contributed by atoms with Crippen LogP contribution in [0.1, 0.15) is 18.1 Å². The fourth-order valence-electron chi connectivity index (χ4n) is 3.23. The van der Waals surface area contributed by atoms with Crippen LogP contribution in [0.3, 0.4) is 0 Å². The lowest BCUT2D eigenvalue weighted by Gasteiger charge is -2.22. The van der Waals surface area contributed by atoms with Gasteiger partial charge in [-0.15, -0.1) is 0 Å². The zero-order valence-corrected chi connectivity index (χ0v) is 15.7. The molecule has 3 rings (SSSR count). The molecule has 0 bridgehead atoms. The van der Waals surface area contributed by atoms with Crippen molar-refractivity contribution < 1.29 is 18.0 Å². The van der Waals surface area contributed by atoms with Gasteiger partial charge < -0.3 is 10.2 Å². The van der Waals surface area contributed by atoms with Crippen molar-refractivity contribution in [3.8, 4) is 0 Å². The maximum atomic E-state index is 12.5. The average molecular weight is 387 g/mol. The molecule has 2 amide bonds. The van der Waals surface area contributed by atoms with Gasteiger partial charge in [0, 0.05) is 18.3 Å². The van der Waals surface area contributed by atoms with E-state index in [2.05, 4.69) is 5.32 Å². The predicted octanol–water partition coefficient (Wildman–Crippen LogP) is 0.971. The maximum absolute atomic E-state index is 12.5. The summed E-state index contributed by atoms with van der Waals surface area (Å²) in [6.45, 7) is 2.18. The molecule has 0 fully saturated rings. The van der Waals surface area contributed by atoms with E-state index in [4.69, 9.17) is 5.14 Å². The minimum Gasteiger partial charge on any atom is -0.347 e. The SMILES string of the molecule is CC1Cc2ccccc2N1C(=O)C(=O)NCCc1ccc(S(N)(=O)=O)cc1. The van der Waals surface area contributed by atoms with Gasteiger partial charge in [-0.2, -0.15) is 0 Å². The molecule has 0 aromatic heterocycles. The molecule has 8 heteroatoms. The van der Waals surface area contributed by atoms with Crippen LogP contribution in [0.25, 0.3) is 0 Å². The Labute approximate surface area is 158 Å². The molecule has 1 aliphatic heterocycles. The highest BCUT2D eigenvalue weighted by molar-refractivity contribution is 7.89. The topological polar surface area (TPSA) is 110 Å². The van der Waals surface area contributed by atoms with Crippen LogP contribution in [-0.4, -0.2) is 32.8 Å². The summed E-state index contributed by atoms with van der Waals surface area (Å²) < 4.78 is 22.5. The Bertz CT molecular complexity index is 971. The van der Waals surface area contributed by atoms with Crippen molar-refractivity contribution in [1.82, 2.24) is 5.32 Å². The second-order valence-electron chi connectivity index (χ2n) is 6.55. The van der Waals surface area contributed by atoms with E-state index in [1.807, 2.05) is 31.2 Å². The molecule has 1 unspecified atom stereocenters. The van der Waals surface area contributed by atoms with E-state index in [-0.39, 0.29) is 17.5 Å². The van der Waals surface area contributed by atoms with Gasteiger partial charge in [-0.25, -0.2) is 13.6 Å². The van der Waals surface area contributed by atoms with Gasteiger partial charge in [0.2, 0.25) is 10.0 Å². The van der Waals surface area contributed by atoms with E-state index in [0.717, 1.165) is 23.2 Å². The Morgan fingerprint density at radius 3 is 2.48 bits per heavy atom. The number of nitrogens with one attached hydrogen (secondary N) is 1. The highest BCUT2D eigenvalue weighted by Gasteiger charge is 2.33. The minimum atomic E-state index is -3.72. The molecule has 0 spiro atoms. The van der Waals surface area contributed by atoms with Gasteiger partial charge in [0.25, 0.3) is 0 Å². The number of hydrogen-bond donors (Lipinski definition) is 2. The number of carbonyl (C=O) groups is 2. The molecular weight excluding hydrogens is 366 g/mol. The third-order valence-corrected chi connectivity index (χ3v) is 5.50. The van der Waals surface area contributed by atoms with Gasteiger partial charge in [0.1, 0.15) is 0 Å². The molecule has 1 atom stereocenters. The highest BCUT2D eigenvalue weighted by Crippen LogP contribution is 2.31. The molecule has 27 heavy (non-hydrogen) atoms. The van der Waals surface area contributed by atoms with Crippen LogP contribution in [0.5, 0.6) is 0 Å². The molecule has 0 saturated carbocycles. The number of sulfonamides is 1. The van der Waals surface area contributed by atoms with Gasteiger partial charge in [-0.1, -0.05) is 30.3 Å². The molecule has 0 radical (unpaired) electrons. The third kappa shape index (κ3) is 4.17. The number of carbonyl (C=O) groups excluding carboxylic acids is 2. The van der Waals surface area contributed by atoms with Crippen LogP contribution >= 0.6 is 0 Å². The van der Waals surface area contributed by atoms with E-state index >= 15 is 0 Å². The first-order chi connectivity index (χ1) is 12.8. The maximum Gasteiger partial charge on any atom is 0.316 e. The van der Waals surface area contributed by atoms with Crippen LogP contribution < -0.4 is 15.4 Å². The number of nitrogens with zero attached hydrogens (tertiary/aromatic N) is 1. The van der Waals surface area contributed by atoms with E-state index in [1.165, 1.54) is 17.0 Å². The zero-order valence-electron chi connectivity index (χ0n) is 14.9. The minimum absolute atomic E-state index is 0.0344. The van der Waals surface area contributed by atoms with E-state index in [1.54, 1.807) is 12.1 Å². The van der Waals surface area contributed by atoms with Gasteiger partial charge in [-0.3, -0.25) is 9.59 Å². The molecule has 3 N–H and O–H groups in total. The number of para-hydroxylation sites is 1.